The molecule has 3 heterocycles. The number of hydrogen-bond acceptors (Lipinski definition) is 5. The Morgan fingerprint density at radius 3 is 2.60 bits per heavy atom. The third-order valence-electron chi connectivity index (χ3n) is 4.40. The third kappa shape index (κ3) is 3.13. The summed E-state index contributed by atoms with van der Waals surface area (Å²) in [7, 11) is 0. The number of nitrogens with zero attached hydrogens (tertiary/aromatic N) is 3. The second-order valence-corrected chi connectivity index (χ2v) is 5.98. The van der Waals surface area contributed by atoms with Crippen molar-refractivity contribution in [2.75, 3.05) is 26.2 Å². The molecule has 7 nitrogen and oxygen atoms in total. The first kappa shape index (κ1) is 15.4. The zero-order chi connectivity index (χ0) is 17.2. The van der Waals surface area contributed by atoms with Crippen LogP contribution in [0.5, 0.6) is 0 Å². The summed E-state index contributed by atoms with van der Waals surface area (Å²) in [6, 6.07) is 8.93. The summed E-state index contributed by atoms with van der Waals surface area (Å²) in [5, 5.41) is 0. The van der Waals surface area contributed by atoms with Crippen LogP contribution >= 0.6 is 0 Å². The molecule has 1 aliphatic heterocycles. The Bertz CT molecular complexity index is 892. The zero-order valence-corrected chi connectivity index (χ0v) is 13.6. The molecule has 0 spiro atoms. The van der Waals surface area contributed by atoms with Crippen LogP contribution in [0.4, 0.5) is 0 Å². The van der Waals surface area contributed by atoms with E-state index >= 15 is 0 Å². The minimum absolute atomic E-state index is 0.0453. The number of piperazine rings is 1. The van der Waals surface area contributed by atoms with Crippen LogP contribution in [-0.4, -0.2) is 52.8 Å². The van der Waals surface area contributed by atoms with Gasteiger partial charge in [0.1, 0.15) is 5.52 Å². The lowest BCUT2D eigenvalue weighted by Gasteiger charge is -2.34. The molecule has 0 bridgehead atoms. The number of amides is 2. The standard InChI is InChI=1S/C18H17N3O4/c22-17(11-13-3-4-14-16(10-13)25-12-19-14)20-5-7-21(8-6-20)18(23)15-2-1-9-24-15/h1-4,9-10,12H,5-8,11H2. The second-order valence-electron chi connectivity index (χ2n) is 5.98. The van der Waals surface area contributed by atoms with Crippen molar-refractivity contribution >= 4 is 22.9 Å². The summed E-state index contributed by atoms with van der Waals surface area (Å²) in [5.41, 5.74) is 2.35. The molecular weight excluding hydrogens is 322 g/mol. The highest BCUT2D eigenvalue weighted by molar-refractivity contribution is 5.91. The maximum Gasteiger partial charge on any atom is 0.289 e. The summed E-state index contributed by atoms with van der Waals surface area (Å²) in [6.07, 6.45) is 3.19. The van der Waals surface area contributed by atoms with E-state index in [0.717, 1.165) is 11.1 Å². The SMILES string of the molecule is O=C(Cc1ccc2ncoc2c1)N1CCN(C(=O)c2ccco2)CC1. The van der Waals surface area contributed by atoms with Crippen LogP contribution in [0.15, 0.2) is 51.8 Å². The second kappa shape index (κ2) is 6.43. The van der Waals surface area contributed by atoms with Crippen LogP contribution < -0.4 is 0 Å². The molecule has 0 saturated carbocycles. The van der Waals surface area contributed by atoms with Gasteiger partial charge in [0.2, 0.25) is 5.91 Å². The van der Waals surface area contributed by atoms with E-state index in [-0.39, 0.29) is 11.8 Å². The Morgan fingerprint density at radius 2 is 1.84 bits per heavy atom. The van der Waals surface area contributed by atoms with Crippen molar-refractivity contribution in [3.8, 4) is 0 Å². The zero-order valence-electron chi connectivity index (χ0n) is 13.6. The predicted molar refractivity (Wildman–Crippen MR) is 88.9 cm³/mol. The first-order valence-corrected chi connectivity index (χ1v) is 8.13. The number of fused-ring (bicyclic) bond motifs is 1. The van der Waals surface area contributed by atoms with E-state index in [4.69, 9.17) is 8.83 Å². The molecule has 0 N–H and O–H groups in total. The highest BCUT2D eigenvalue weighted by Crippen LogP contribution is 2.16. The Hall–Kier alpha value is -3.09. The summed E-state index contributed by atoms with van der Waals surface area (Å²) >= 11 is 0. The molecule has 2 aromatic heterocycles. The van der Waals surface area contributed by atoms with Crippen LogP contribution in [0, 0.1) is 0 Å². The minimum Gasteiger partial charge on any atom is -0.459 e. The topological polar surface area (TPSA) is 79.8 Å². The Balaban J connectivity index is 1.35. The number of hydrogen-bond donors (Lipinski definition) is 0. The number of rotatable bonds is 3. The van der Waals surface area contributed by atoms with E-state index in [2.05, 4.69) is 4.98 Å². The fraction of sp³-hybridized carbons (Fsp3) is 0.278. The molecule has 0 atom stereocenters. The van der Waals surface area contributed by atoms with E-state index in [0.29, 0.717) is 43.9 Å². The molecule has 0 aliphatic carbocycles. The largest absolute Gasteiger partial charge is 0.459 e. The Labute approximate surface area is 143 Å². The predicted octanol–water partition coefficient (Wildman–Crippen LogP) is 1.95. The number of carbonyl (C=O) groups is 2. The monoisotopic (exact) mass is 339 g/mol. The van der Waals surface area contributed by atoms with Crippen LogP contribution in [0.25, 0.3) is 11.1 Å². The van der Waals surface area contributed by atoms with Gasteiger partial charge in [0.05, 0.1) is 12.7 Å². The molecule has 3 aromatic rings. The number of oxazole rings is 1. The van der Waals surface area contributed by atoms with Gasteiger partial charge in [-0.15, -0.1) is 0 Å². The summed E-state index contributed by atoms with van der Waals surface area (Å²) in [4.78, 5) is 32.3. The van der Waals surface area contributed by atoms with E-state index < -0.39 is 0 Å². The molecule has 1 aromatic carbocycles. The molecule has 4 rings (SSSR count). The van der Waals surface area contributed by atoms with Crippen molar-refractivity contribution in [1.29, 1.82) is 0 Å². The van der Waals surface area contributed by atoms with Crippen LogP contribution in [0.1, 0.15) is 16.1 Å². The van der Waals surface area contributed by atoms with Gasteiger partial charge in [-0.3, -0.25) is 9.59 Å². The normalized spacial score (nSPS) is 14.9. The molecule has 128 valence electrons. The van der Waals surface area contributed by atoms with Gasteiger partial charge >= 0.3 is 0 Å². The summed E-state index contributed by atoms with van der Waals surface area (Å²) in [6.45, 7) is 2.06. The molecule has 1 fully saturated rings. The molecule has 0 radical (unpaired) electrons. The Morgan fingerprint density at radius 1 is 1.04 bits per heavy atom. The van der Waals surface area contributed by atoms with E-state index in [1.165, 1.54) is 12.7 Å². The van der Waals surface area contributed by atoms with E-state index in [1.54, 1.807) is 21.9 Å². The van der Waals surface area contributed by atoms with Crippen LogP contribution in [0.2, 0.25) is 0 Å². The van der Waals surface area contributed by atoms with Crippen molar-refractivity contribution < 1.29 is 18.4 Å². The van der Waals surface area contributed by atoms with Gasteiger partial charge in [0, 0.05) is 26.2 Å². The van der Waals surface area contributed by atoms with Crippen molar-refractivity contribution in [2.24, 2.45) is 0 Å². The van der Waals surface area contributed by atoms with Gasteiger partial charge in [0.25, 0.3) is 5.91 Å². The highest BCUT2D eigenvalue weighted by Gasteiger charge is 2.26. The molecule has 1 aliphatic rings. The highest BCUT2D eigenvalue weighted by atomic mass is 16.3. The average molecular weight is 339 g/mol. The van der Waals surface area contributed by atoms with Crippen molar-refractivity contribution in [3.63, 3.8) is 0 Å². The van der Waals surface area contributed by atoms with Gasteiger partial charge < -0.3 is 18.6 Å². The molecule has 25 heavy (non-hydrogen) atoms. The van der Waals surface area contributed by atoms with Gasteiger partial charge in [-0.05, 0) is 29.8 Å². The molecule has 1 saturated heterocycles. The fourth-order valence-corrected chi connectivity index (χ4v) is 3.01. The average Bonchev–Trinajstić information content (AvgIpc) is 3.32. The molecule has 7 heteroatoms. The maximum absolute atomic E-state index is 12.5. The fourth-order valence-electron chi connectivity index (χ4n) is 3.01. The van der Waals surface area contributed by atoms with Gasteiger partial charge in [-0.2, -0.15) is 0 Å². The first-order chi connectivity index (χ1) is 12.2. The molecule has 0 unspecified atom stereocenters. The number of aromatic nitrogens is 1. The van der Waals surface area contributed by atoms with Crippen molar-refractivity contribution in [2.45, 2.75) is 6.42 Å². The lowest BCUT2D eigenvalue weighted by Crippen LogP contribution is -2.50. The van der Waals surface area contributed by atoms with E-state index in [1.807, 2.05) is 18.2 Å². The lowest BCUT2D eigenvalue weighted by molar-refractivity contribution is -0.131. The van der Waals surface area contributed by atoms with Crippen molar-refractivity contribution in [3.05, 3.63) is 54.3 Å². The van der Waals surface area contributed by atoms with Crippen LogP contribution in [0.3, 0.4) is 0 Å². The maximum atomic E-state index is 12.5. The smallest absolute Gasteiger partial charge is 0.289 e. The van der Waals surface area contributed by atoms with Crippen LogP contribution in [-0.2, 0) is 11.2 Å². The van der Waals surface area contributed by atoms with Gasteiger partial charge in [-0.25, -0.2) is 4.98 Å². The molecular formula is C18H17N3O4. The number of benzene rings is 1. The number of carbonyl (C=O) groups excluding carboxylic acids is 2. The Kier molecular flexibility index (Phi) is 3.97. The minimum atomic E-state index is -0.132. The van der Waals surface area contributed by atoms with Gasteiger partial charge in [0.15, 0.2) is 17.7 Å². The number of furan rings is 1. The molecule has 2 amide bonds. The summed E-state index contributed by atoms with van der Waals surface area (Å²) in [5.74, 6) is 0.247. The first-order valence-electron chi connectivity index (χ1n) is 8.13. The van der Waals surface area contributed by atoms with Gasteiger partial charge in [-0.1, -0.05) is 6.07 Å². The summed E-state index contributed by atoms with van der Waals surface area (Å²) < 4.78 is 10.4. The van der Waals surface area contributed by atoms with E-state index in [9.17, 15) is 9.59 Å². The lowest BCUT2D eigenvalue weighted by atomic mass is 10.1. The third-order valence-corrected chi connectivity index (χ3v) is 4.40. The quantitative estimate of drug-likeness (QED) is 0.729. The van der Waals surface area contributed by atoms with Crippen molar-refractivity contribution in [1.82, 2.24) is 14.8 Å².